The van der Waals surface area contributed by atoms with Crippen molar-refractivity contribution in [1.29, 1.82) is 0 Å². The highest BCUT2D eigenvalue weighted by Gasteiger charge is 2.21. The summed E-state index contributed by atoms with van der Waals surface area (Å²) in [5, 5.41) is 9.50. The van der Waals surface area contributed by atoms with Gasteiger partial charge in [0.05, 0.1) is 14.2 Å². The van der Waals surface area contributed by atoms with Crippen molar-refractivity contribution in [3.63, 3.8) is 0 Å². The van der Waals surface area contributed by atoms with E-state index in [-0.39, 0.29) is 24.8 Å². The summed E-state index contributed by atoms with van der Waals surface area (Å²) >= 11 is 0. The van der Waals surface area contributed by atoms with Crippen molar-refractivity contribution in [1.82, 2.24) is 19.7 Å². The van der Waals surface area contributed by atoms with Crippen molar-refractivity contribution in [3.8, 4) is 11.7 Å². The summed E-state index contributed by atoms with van der Waals surface area (Å²) in [5.41, 5.74) is 2.98. The van der Waals surface area contributed by atoms with Gasteiger partial charge in [0.2, 0.25) is 11.7 Å². The van der Waals surface area contributed by atoms with Gasteiger partial charge in [-0.15, -0.1) is 0 Å². The van der Waals surface area contributed by atoms with E-state index in [1.54, 1.807) is 31.4 Å². The number of carbonyl (C=O) groups excluding carboxylic acids is 2. The predicted octanol–water partition coefficient (Wildman–Crippen LogP) is 0.557. The number of rotatable bonds is 8. The van der Waals surface area contributed by atoms with Crippen LogP contribution in [0.1, 0.15) is 21.7 Å². The fourth-order valence-corrected chi connectivity index (χ4v) is 3.26. The number of aromatic amines is 1. The third-order valence-electron chi connectivity index (χ3n) is 4.64. The van der Waals surface area contributed by atoms with Gasteiger partial charge in [-0.25, -0.2) is 5.10 Å². The highest BCUT2D eigenvalue weighted by Crippen LogP contribution is 2.18. The lowest BCUT2D eigenvalue weighted by Crippen LogP contribution is -3.11. The number of ether oxygens (including phenoxy) is 1. The molecule has 2 heterocycles. The second-order valence-corrected chi connectivity index (χ2v) is 6.94. The molecule has 2 aromatic heterocycles. The Balaban J connectivity index is 1.60. The summed E-state index contributed by atoms with van der Waals surface area (Å²) in [5.74, 6) is 1.10. The lowest BCUT2D eigenvalue weighted by Gasteiger charge is -2.13. The molecular formula is C20H25N6O3+. The highest BCUT2D eigenvalue weighted by atomic mass is 16.5. The molecule has 0 aliphatic rings. The van der Waals surface area contributed by atoms with Gasteiger partial charge in [-0.05, 0) is 44.2 Å². The Morgan fingerprint density at radius 1 is 1.21 bits per heavy atom. The number of hydrogen-bond donors (Lipinski definition) is 3. The number of nitrogens with zero attached hydrogens (tertiary/aromatic N) is 3. The minimum Gasteiger partial charge on any atom is -0.497 e. The second kappa shape index (κ2) is 8.70. The van der Waals surface area contributed by atoms with Crippen LogP contribution in [0.2, 0.25) is 0 Å². The van der Waals surface area contributed by atoms with Crippen LogP contribution in [0, 0.1) is 13.8 Å². The molecule has 3 N–H and O–H groups in total. The first-order valence-electron chi connectivity index (χ1n) is 9.22. The van der Waals surface area contributed by atoms with E-state index in [0.29, 0.717) is 17.2 Å². The molecule has 0 radical (unpaired) electrons. The summed E-state index contributed by atoms with van der Waals surface area (Å²) in [4.78, 5) is 30.0. The van der Waals surface area contributed by atoms with Crippen molar-refractivity contribution in [3.05, 3.63) is 53.6 Å². The molecule has 0 saturated carbocycles. The number of hydrogen-bond acceptors (Lipinski definition) is 5. The zero-order valence-corrected chi connectivity index (χ0v) is 16.9. The number of aryl methyl sites for hydroxylation is 1. The molecule has 1 unspecified atom stereocenters. The van der Waals surface area contributed by atoms with Crippen LogP contribution in [-0.2, 0) is 4.79 Å². The third kappa shape index (κ3) is 4.69. The average Bonchev–Trinajstić information content (AvgIpc) is 3.29. The topological polar surface area (TPSA) is 106 Å². The van der Waals surface area contributed by atoms with E-state index in [9.17, 15) is 9.59 Å². The number of Topliss-reactive ketones (excluding diaryl/α,β-unsaturated/α-hetero) is 1. The number of likely N-dealkylation sites (N-methyl/N-ethyl adjacent to an activating group) is 1. The van der Waals surface area contributed by atoms with Crippen molar-refractivity contribution < 1.29 is 19.2 Å². The number of quaternary nitrogens is 1. The molecule has 3 aromatic rings. The SMILES string of the molecule is COc1ccc(NC(=O)C[NH+](C)CC(=O)c2cc(C)n(-c3ncn[nH]3)c2C)cc1. The highest BCUT2D eigenvalue weighted by molar-refractivity contribution is 5.98. The van der Waals surface area contributed by atoms with Gasteiger partial charge in [-0.3, -0.25) is 14.2 Å². The first-order chi connectivity index (χ1) is 13.9. The van der Waals surface area contributed by atoms with Crippen LogP contribution in [0.5, 0.6) is 5.75 Å². The normalized spacial score (nSPS) is 11.9. The van der Waals surface area contributed by atoms with Gasteiger partial charge >= 0.3 is 0 Å². The van der Waals surface area contributed by atoms with E-state index < -0.39 is 0 Å². The number of anilines is 1. The summed E-state index contributed by atoms with van der Waals surface area (Å²) in [6.07, 6.45) is 1.43. The number of H-pyrrole nitrogens is 1. The van der Waals surface area contributed by atoms with Gasteiger partial charge in [0.25, 0.3) is 5.91 Å². The molecule has 1 amide bonds. The van der Waals surface area contributed by atoms with Crippen LogP contribution in [0.3, 0.4) is 0 Å². The van der Waals surface area contributed by atoms with Crippen LogP contribution >= 0.6 is 0 Å². The van der Waals surface area contributed by atoms with Gasteiger partial charge in [-0.2, -0.15) is 10.1 Å². The fraction of sp³-hybridized carbons (Fsp3) is 0.300. The third-order valence-corrected chi connectivity index (χ3v) is 4.64. The van der Waals surface area contributed by atoms with Crippen molar-refractivity contribution in [2.24, 2.45) is 0 Å². The van der Waals surface area contributed by atoms with Gasteiger partial charge in [0.15, 0.2) is 6.54 Å². The molecule has 1 atom stereocenters. The van der Waals surface area contributed by atoms with Crippen LogP contribution in [0.25, 0.3) is 5.95 Å². The molecule has 9 nitrogen and oxygen atoms in total. The van der Waals surface area contributed by atoms with Gasteiger partial charge in [0.1, 0.15) is 18.6 Å². The standard InChI is InChI=1S/C20H24N6O3/c1-13-9-17(14(2)26(13)20-21-12-22-24-20)18(27)10-25(3)11-19(28)23-15-5-7-16(29-4)8-6-15/h5-9,12H,10-11H2,1-4H3,(H,23,28)(H,21,22,24)/p+1. The van der Waals surface area contributed by atoms with Crippen LogP contribution in [0.4, 0.5) is 5.69 Å². The average molecular weight is 397 g/mol. The first kappa shape index (κ1) is 20.3. The summed E-state index contributed by atoms with van der Waals surface area (Å²) in [6.45, 7) is 4.16. The summed E-state index contributed by atoms with van der Waals surface area (Å²) in [7, 11) is 3.41. The molecule has 29 heavy (non-hydrogen) atoms. The maximum absolute atomic E-state index is 12.8. The van der Waals surface area contributed by atoms with Gasteiger partial charge in [-0.1, -0.05) is 0 Å². The van der Waals surface area contributed by atoms with Crippen molar-refractivity contribution in [2.75, 3.05) is 32.6 Å². The molecule has 0 bridgehead atoms. The number of aromatic nitrogens is 4. The first-order valence-corrected chi connectivity index (χ1v) is 9.22. The Kier molecular flexibility index (Phi) is 6.08. The minimum absolute atomic E-state index is 0.0291. The number of methoxy groups -OCH3 is 1. The Morgan fingerprint density at radius 2 is 1.93 bits per heavy atom. The summed E-state index contributed by atoms with van der Waals surface area (Å²) < 4.78 is 6.96. The lowest BCUT2D eigenvalue weighted by molar-refractivity contribution is -0.861. The van der Waals surface area contributed by atoms with Crippen molar-refractivity contribution >= 4 is 17.4 Å². The Morgan fingerprint density at radius 3 is 2.55 bits per heavy atom. The van der Waals surface area contributed by atoms with E-state index >= 15 is 0 Å². The molecule has 152 valence electrons. The monoisotopic (exact) mass is 397 g/mol. The largest absolute Gasteiger partial charge is 0.497 e. The minimum atomic E-state index is -0.160. The van der Waals surface area contributed by atoms with E-state index in [1.807, 2.05) is 31.5 Å². The molecule has 0 fully saturated rings. The van der Waals surface area contributed by atoms with Crippen LogP contribution < -0.4 is 15.0 Å². The fourth-order valence-electron chi connectivity index (χ4n) is 3.26. The maximum Gasteiger partial charge on any atom is 0.279 e. The Bertz CT molecular complexity index is 992. The van der Waals surface area contributed by atoms with Crippen LogP contribution in [0.15, 0.2) is 36.7 Å². The number of nitrogens with one attached hydrogen (secondary N) is 3. The molecular weight excluding hydrogens is 372 g/mol. The lowest BCUT2D eigenvalue weighted by atomic mass is 10.1. The zero-order chi connectivity index (χ0) is 21.0. The Labute approximate surface area is 168 Å². The number of ketones is 1. The molecule has 3 rings (SSSR count). The zero-order valence-electron chi connectivity index (χ0n) is 16.9. The molecule has 1 aromatic carbocycles. The predicted molar refractivity (Wildman–Crippen MR) is 108 cm³/mol. The number of benzene rings is 1. The van der Waals surface area contributed by atoms with Gasteiger partial charge < -0.3 is 15.0 Å². The molecule has 9 heteroatoms. The maximum atomic E-state index is 12.8. The molecule has 0 aliphatic carbocycles. The number of carbonyl (C=O) groups is 2. The summed E-state index contributed by atoms with van der Waals surface area (Å²) in [6, 6.07) is 8.94. The van der Waals surface area contributed by atoms with Gasteiger partial charge in [0, 0.05) is 22.6 Å². The van der Waals surface area contributed by atoms with E-state index in [1.165, 1.54) is 6.33 Å². The number of amides is 1. The quantitative estimate of drug-likeness (QED) is 0.482. The smallest absolute Gasteiger partial charge is 0.279 e. The Hall–Kier alpha value is -3.46. The molecule has 0 spiro atoms. The molecule has 0 aliphatic heterocycles. The molecule has 0 saturated heterocycles. The van der Waals surface area contributed by atoms with Crippen LogP contribution in [-0.4, -0.2) is 58.7 Å². The second-order valence-electron chi connectivity index (χ2n) is 6.94. The van der Waals surface area contributed by atoms with E-state index in [2.05, 4.69) is 20.5 Å². The van der Waals surface area contributed by atoms with Crippen molar-refractivity contribution in [2.45, 2.75) is 13.8 Å². The van der Waals surface area contributed by atoms with E-state index in [0.717, 1.165) is 22.0 Å². The van der Waals surface area contributed by atoms with E-state index in [4.69, 9.17) is 4.74 Å².